The third-order valence-electron chi connectivity index (χ3n) is 2.73. The normalized spacial score (nSPS) is 26.4. The van der Waals surface area contributed by atoms with Gasteiger partial charge in [-0.3, -0.25) is 0 Å². The van der Waals surface area contributed by atoms with E-state index in [1.54, 1.807) is 7.11 Å². The Balaban J connectivity index is 2.25. The van der Waals surface area contributed by atoms with E-state index in [-0.39, 0.29) is 0 Å². The summed E-state index contributed by atoms with van der Waals surface area (Å²) in [4.78, 5) is 0. The van der Waals surface area contributed by atoms with Crippen molar-refractivity contribution in [3.63, 3.8) is 0 Å². The maximum Gasteiger partial charge on any atom is 0.0587 e. The molecule has 0 amide bonds. The van der Waals surface area contributed by atoms with Crippen LogP contribution in [0.25, 0.3) is 0 Å². The zero-order chi connectivity index (χ0) is 10.4. The third-order valence-corrected chi connectivity index (χ3v) is 2.73. The summed E-state index contributed by atoms with van der Waals surface area (Å²) in [5.74, 6) is 1.34. The molecule has 1 aliphatic carbocycles. The van der Waals surface area contributed by atoms with Gasteiger partial charge in [-0.15, -0.1) is 0 Å². The lowest BCUT2D eigenvalue weighted by molar-refractivity contribution is 0.200. The van der Waals surface area contributed by atoms with E-state index in [1.165, 1.54) is 5.57 Å². The first-order valence-electron chi connectivity index (χ1n) is 5.32. The molecule has 1 rings (SSSR count). The second-order valence-electron chi connectivity index (χ2n) is 3.99. The zero-order valence-electron chi connectivity index (χ0n) is 9.42. The van der Waals surface area contributed by atoms with Gasteiger partial charge in [0.15, 0.2) is 0 Å². The minimum absolute atomic E-state index is 0.666. The fourth-order valence-corrected chi connectivity index (χ4v) is 1.52. The highest BCUT2D eigenvalue weighted by atomic mass is 16.5. The average molecular weight is 195 g/mol. The van der Waals surface area contributed by atoms with Crippen LogP contribution >= 0.6 is 0 Å². The maximum atomic E-state index is 4.97. The number of nitrogens with one attached hydrogen (secondary N) is 1. The molecule has 1 aliphatic rings. The molecular weight excluding hydrogens is 174 g/mol. The molecule has 0 saturated carbocycles. The zero-order valence-corrected chi connectivity index (χ0v) is 9.42. The first-order valence-corrected chi connectivity index (χ1v) is 5.32. The van der Waals surface area contributed by atoms with Crippen molar-refractivity contribution in [2.45, 2.75) is 13.8 Å². The standard InChI is InChI=1S/C12H21NO/c1-10-4-5-12(8-11(10)2)9-13-6-7-14-3/h4-5,8,10-11,13H,6-7,9H2,1-3H3/t10-,11+/m0/s1. The van der Waals surface area contributed by atoms with Crippen molar-refractivity contribution in [3.05, 3.63) is 23.8 Å². The Kier molecular flexibility index (Phi) is 4.91. The fraction of sp³-hybridized carbons (Fsp3) is 0.667. The van der Waals surface area contributed by atoms with Gasteiger partial charge in [-0.25, -0.2) is 0 Å². The van der Waals surface area contributed by atoms with Gasteiger partial charge >= 0.3 is 0 Å². The van der Waals surface area contributed by atoms with Crippen molar-refractivity contribution in [1.29, 1.82) is 0 Å². The Hall–Kier alpha value is -0.600. The van der Waals surface area contributed by atoms with Crippen LogP contribution in [0.4, 0.5) is 0 Å². The van der Waals surface area contributed by atoms with Gasteiger partial charge in [0, 0.05) is 20.2 Å². The van der Waals surface area contributed by atoms with E-state index in [0.29, 0.717) is 11.8 Å². The largest absolute Gasteiger partial charge is 0.383 e. The molecule has 2 heteroatoms. The number of hydrogen-bond acceptors (Lipinski definition) is 2. The van der Waals surface area contributed by atoms with Crippen molar-refractivity contribution in [3.8, 4) is 0 Å². The predicted molar refractivity (Wildman–Crippen MR) is 60.3 cm³/mol. The molecule has 0 saturated heterocycles. The molecule has 0 bridgehead atoms. The first-order chi connectivity index (χ1) is 6.74. The number of hydrogen-bond donors (Lipinski definition) is 1. The minimum atomic E-state index is 0.666. The molecule has 80 valence electrons. The van der Waals surface area contributed by atoms with Gasteiger partial charge in [0.2, 0.25) is 0 Å². The fourth-order valence-electron chi connectivity index (χ4n) is 1.52. The molecule has 0 unspecified atom stereocenters. The van der Waals surface area contributed by atoms with Crippen LogP contribution in [0.2, 0.25) is 0 Å². The van der Waals surface area contributed by atoms with Crippen molar-refractivity contribution in [2.24, 2.45) is 11.8 Å². The summed E-state index contributed by atoms with van der Waals surface area (Å²) in [7, 11) is 1.73. The summed E-state index contributed by atoms with van der Waals surface area (Å²) in [6.45, 7) is 7.18. The van der Waals surface area contributed by atoms with Gasteiger partial charge < -0.3 is 10.1 Å². The highest BCUT2D eigenvalue weighted by Gasteiger charge is 2.11. The van der Waals surface area contributed by atoms with Gasteiger partial charge in [0.05, 0.1) is 6.61 Å². The molecule has 0 aliphatic heterocycles. The van der Waals surface area contributed by atoms with Crippen molar-refractivity contribution < 1.29 is 4.74 Å². The monoisotopic (exact) mass is 195 g/mol. The van der Waals surface area contributed by atoms with Crippen LogP contribution < -0.4 is 5.32 Å². The van der Waals surface area contributed by atoms with E-state index in [1.807, 2.05) is 0 Å². The third kappa shape index (κ3) is 3.64. The SMILES string of the molecule is COCCNCC1=C[C@@H](C)[C@@H](C)C=C1. The van der Waals surface area contributed by atoms with Gasteiger partial charge in [-0.1, -0.05) is 32.1 Å². The Labute approximate surface area is 87.0 Å². The van der Waals surface area contributed by atoms with Gasteiger partial charge in [0.25, 0.3) is 0 Å². The Bertz CT molecular complexity index is 220. The molecule has 0 aromatic carbocycles. The van der Waals surface area contributed by atoms with Crippen LogP contribution in [0.15, 0.2) is 23.8 Å². The minimum Gasteiger partial charge on any atom is -0.383 e. The number of methoxy groups -OCH3 is 1. The lowest BCUT2D eigenvalue weighted by Gasteiger charge is -2.19. The van der Waals surface area contributed by atoms with Crippen LogP contribution in [-0.4, -0.2) is 26.8 Å². The van der Waals surface area contributed by atoms with Crippen molar-refractivity contribution in [2.75, 3.05) is 26.8 Å². The van der Waals surface area contributed by atoms with Gasteiger partial charge in [0.1, 0.15) is 0 Å². The summed E-state index contributed by atoms with van der Waals surface area (Å²) in [6.07, 6.45) is 6.87. The molecule has 0 spiro atoms. The highest BCUT2D eigenvalue weighted by Crippen LogP contribution is 2.21. The average Bonchev–Trinajstić information content (AvgIpc) is 2.18. The Morgan fingerprint density at radius 2 is 2.14 bits per heavy atom. The summed E-state index contributed by atoms with van der Waals surface area (Å²) < 4.78 is 4.97. The maximum absolute atomic E-state index is 4.97. The molecule has 2 nitrogen and oxygen atoms in total. The van der Waals surface area contributed by atoms with E-state index < -0.39 is 0 Å². The quantitative estimate of drug-likeness (QED) is 0.677. The summed E-state index contributed by atoms with van der Waals surface area (Å²) in [6, 6.07) is 0. The smallest absolute Gasteiger partial charge is 0.0587 e. The molecule has 0 aromatic rings. The lowest BCUT2D eigenvalue weighted by Crippen LogP contribution is -2.22. The van der Waals surface area contributed by atoms with Crippen LogP contribution in [0.5, 0.6) is 0 Å². The predicted octanol–water partition coefficient (Wildman–Crippen LogP) is 1.99. The molecule has 0 aromatic heterocycles. The van der Waals surface area contributed by atoms with E-state index in [9.17, 15) is 0 Å². The summed E-state index contributed by atoms with van der Waals surface area (Å²) >= 11 is 0. The van der Waals surface area contributed by atoms with E-state index in [2.05, 4.69) is 37.4 Å². The molecule has 0 fully saturated rings. The number of allylic oxidation sites excluding steroid dienone is 2. The molecule has 1 N–H and O–H groups in total. The Morgan fingerprint density at radius 1 is 1.36 bits per heavy atom. The van der Waals surface area contributed by atoms with Gasteiger partial charge in [-0.05, 0) is 17.4 Å². The van der Waals surface area contributed by atoms with Crippen LogP contribution in [-0.2, 0) is 4.74 Å². The molecule has 0 radical (unpaired) electrons. The second kappa shape index (κ2) is 5.99. The molecular formula is C12H21NO. The van der Waals surface area contributed by atoms with E-state index in [4.69, 9.17) is 4.74 Å². The van der Waals surface area contributed by atoms with Crippen LogP contribution in [0, 0.1) is 11.8 Å². The summed E-state index contributed by atoms with van der Waals surface area (Å²) in [5.41, 5.74) is 1.40. The van der Waals surface area contributed by atoms with Gasteiger partial charge in [-0.2, -0.15) is 0 Å². The number of ether oxygens (including phenoxy) is 1. The van der Waals surface area contributed by atoms with Crippen LogP contribution in [0.3, 0.4) is 0 Å². The first kappa shape index (κ1) is 11.5. The number of rotatable bonds is 5. The summed E-state index contributed by atoms with van der Waals surface area (Å²) in [5, 5.41) is 3.35. The lowest BCUT2D eigenvalue weighted by atomic mass is 9.89. The topological polar surface area (TPSA) is 21.3 Å². The molecule has 14 heavy (non-hydrogen) atoms. The van der Waals surface area contributed by atoms with Crippen LogP contribution in [0.1, 0.15) is 13.8 Å². The van der Waals surface area contributed by atoms with Crippen molar-refractivity contribution in [1.82, 2.24) is 5.32 Å². The molecule has 0 heterocycles. The highest BCUT2D eigenvalue weighted by molar-refractivity contribution is 5.26. The van der Waals surface area contributed by atoms with E-state index >= 15 is 0 Å². The second-order valence-corrected chi connectivity index (χ2v) is 3.99. The molecule has 2 atom stereocenters. The Morgan fingerprint density at radius 3 is 2.79 bits per heavy atom. The van der Waals surface area contributed by atoms with E-state index in [0.717, 1.165) is 19.7 Å². The van der Waals surface area contributed by atoms with Crippen molar-refractivity contribution >= 4 is 0 Å².